The normalized spacial score (nSPS) is 12.9. The maximum atomic E-state index is 2.28. The summed E-state index contributed by atoms with van der Waals surface area (Å²) < 4.78 is 0. The molecule has 0 aliphatic carbocycles. The largest absolute Gasteiger partial charge is 0.123 e. The van der Waals surface area contributed by atoms with Crippen molar-refractivity contribution in [2.45, 2.75) is 44.3 Å². The van der Waals surface area contributed by atoms with Crippen LogP contribution in [0, 0.1) is 13.8 Å². The van der Waals surface area contributed by atoms with E-state index in [1.54, 1.807) is 0 Å². The molecule has 13 heavy (non-hydrogen) atoms. The van der Waals surface area contributed by atoms with Crippen molar-refractivity contribution in [2.75, 3.05) is 0 Å². The molecule has 0 saturated carbocycles. The first-order valence-electron chi connectivity index (χ1n) is 4.88. The maximum Gasteiger partial charge on any atom is 0.0107 e. The number of thioether (sulfide) groups is 1. The lowest BCUT2D eigenvalue weighted by molar-refractivity contribution is 0.904. The highest BCUT2D eigenvalue weighted by Gasteiger charge is 2.05. The van der Waals surface area contributed by atoms with E-state index >= 15 is 0 Å². The first-order chi connectivity index (χ1) is 6.15. The van der Waals surface area contributed by atoms with Gasteiger partial charge in [-0.1, -0.05) is 26.0 Å². The third-order valence-electron chi connectivity index (χ3n) is 2.46. The van der Waals surface area contributed by atoms with E-state index in [0.717, 1.165) is 5.25 Å². The molecule has 0 bridgehead atoms. The lowest BCUT2D eigenvalue weighted by Crippen LogP contribution is -1.94. The quantitative estimate of drug-likeness (QED) is 0.650. The Balaban J connectivity index is 2.83. The van der Waals surface area contributed by atoms with Crippen molar-refractivity contribution in [3.8, 4) is 0 Å². The lowest BCUT2D eigenvalue weighted by atomic mass is 10.1. The van der Waals surface area contributed by atoms with Crippen molar-refractivity contribution >= 4 is 11.8 Å². The molecule has 0 heterocycles. The molecular formula is C12H18S. The topological polar surface area (TPSA) is 0 Å². The molecular weight excluding hydrogens is 176 g/mol. The van der Waals surface area contributed by atoms with Gasteiger partial charge >= 0.3 is 0 Å². The van der Waals surface area contributed by atoms with E-state index in [0.29, 0.717) is 0 Å². The highest BCUT2D eigenvalue weighted by molar-refractivity contribution is 8.00. The zero-order chi connectivity index (χ0) is 9.84. The summed E-state index contributed by atoms with van der Waals surface area (Å²) >= 11 is 1.98. The molecule has 1 unspecified atom stereocenters. The van der Waals surface area contributed by atoms with Gasteiger partial charge in [-0.05, 0) is 37.5 Å². The molecule has 0 spiro atoms. The molecule has 1 aromatic carbocycles. The van der Waals surface area contributed by atoms with Gasteiger partial charge in [0.2, 0.25) is 0 Å². The highest BCUT2D eigenvalue weighted by atomic mass is 32.2. The monoisotopic (exact) mass is 194 g/mol. The molecule has 0 aliphatic heterocycles. The standard InChI is InChI=1S/C12H18S/c1-5-10(3)13-12-8-6-7-9(2)11(12)4/h6-8,10H,5H2,1-4H3. The van der Waals surface area contributed by atoms with E-state index < -0.39 is 0 Å². The van der Waals surface area contributed by atoms with Gasteiger partial charge < -0.3 is 0 Å². The Labute approximate surface area is 85.7 Å². The number of benzene rings is 1. The highest BCUT2D eigenvalue weighted by Crippen LogP contribution is 2.29. The summed E-state index contributed by atoms with van der Waals surface area (Å²) in [6.07, 6.45) is 1.23. The molecule has 0 fully saturated rings. The average Bonchev–Trinajstić information content (AvgIpc) is 2.13. The summed E-state index contributed by atoms with van der Waals surface area (Å²) in [7, 11) is 0. The Bertz CT molecular complexity index is 278. The minimum absolute atomic E-state index is 0.723. The SMILES string of the molecule is CCC(C)Sc1cccc(C)c1C. The minimum Gasteiger partial charge on any atom is -0.123 e. The van der Waals surface area contributed by atoms with E-state index in [4.69, 9.17) is 0 Å². The van der Waals surface area contributed by atoms with Crippen molar-refractivity contribution in [3.63, 3.8) is 0 Å². The van der Waals surface area contributed by atoms with Gasteiger partial charge in [0, 0.05) is 10.1 Å². The van der Waals surface area contributed by atoms with Gasteiger partial charge in [0.1, 0.15) is 0 Å². The third-order valence-corrected chi connectivity index (χ3v) is 3.89. The van der Waals surface area contributed by atoms with Gasteiger partial charge in [-0.2, -0.15) is 0 Å². The Kier molecular flexibility index (Phi) is 3.86. The summed E-state index contributed by atoms with van der Waals surface area (Å²) in [4.78, 5) is 1.44. The van der Waals surface area contributed by atoms with Gasteiger partial charge in [-0.15, -0.1) is 11.8 Å². The van der Waals surface area contributed by atoms with Gasteiger partial charge in [-0.3, -0.25) is 0 Å². The van der Waals surface area contributed by atoms with Crippen LogP contribution in [0.25, 0.3) is 0 Å². The van der Waals surface area contributed by atoms with Gasteiger partial charge in [0.05, 0.1) is 0 Å². The Morgan fingerprint density at radius 3 is 2.62 bits per heavy atom. The average molecular weight is 194 g/mol. The Morgan fingerprint density at radius 2 is 2.00 bits per heavy atom. The van der Waals surface area contributed by atoms with Crippen LogP contribution in [0.5, 0.6) is 0 Å². The fourth-order valence-electron chi connectivity index (χ4n) is 1.15. The number of hydrogen-bond acceptors (Lipinski definition) is 1. The zero-order valence-corrected chi connectivity index (χ0v) is 9.74. The number of rotatable bonds is 3. The maximum absolute atomic E-state index is 2.28. The molecule has 0 saturated heterocycles. The van der Waals surface area contributed by atoms with Crippen molar-refractivity contribution in [1.29, 1.82) is 0 Å². The van der Waals surface area contributed by atoms with E-state index in [-0.39, 0.29) is 0 Å². The molecule has 0 aromatic heterocycles. The van der Waals surface area contributed by atoms with Crippen LogP contribution in [0.2, 0.25) is 0 Å². The van der Waals surface area contributed by atoms with Crippen LogP contribution < -0.4 is 0 Å². The van der Waals surface area contributed by atoms with Crippen LogP contribution in [-0.4, -0.2) is 5.25 Å². The van der Waals surface area contributed by atoms with Crippen LogP contribution in [0.3, 0.4) is 0 Å². The first-order valence-corrected chi connectivity index (χ1v) is 5.76. The Hall–Kier alpha value is -0.430. The molecule has 1 heteroatoms. The predicted molar refractivity (Wildman–Crippen MR) is 61.5 cm³/mol. The Morgan fingerprint density at radius 1 is 1.31 bits per heavy atom. The fraction of sp³-hybridized carbons (Fsp3) is 0.500. The van der Waals surface area contributed by atoms with Crippen LogP contribution >= 0.6 is 11.8 Å². The van der Waals surface area contributed by atoms with Crippen LogP contribution in [0.4, 0.5) is 0 Å². The molecule has 0 nitrogen and oxygen atoms in total. The van der Waals surface area contributed by atoms with E-state index in [1.165, 1.54) is 22.4 Å². The summed E-state index contributed by atoms with van der Waals surface area (Å²) in [5.74, 6) is 0. The van der Waals surface area contributed by atoms with Crippen LogP contribution in [-0.2, 0) is 0 Å². The molecule has 0 N–H and O–H groups in total. The van der Waals surface area contributed by atoms with Gasteiger partial charge in [-0.25, -0.2) is 0 Å². The van der Waals surface area contributed by atoms with E-state index in [9.17, 15) is 0 Å². The second-order valence-corrected chi connectivity index (χ2v) is 5.02. The molecule has 0 amide bonds. The van der Waals surface area contributed by atoms with Crippen molar-refractivity contribution < 1.29 is 0 Å². The second-order valence-electron chi connectivity index (χ2n) is 3.53. The van der Waals surface area contributed by atoms with Crippen LogP contribution in [0.15, 0.2) is 23.1 Å². The molecule has 1 aromatic rings. The van der Waals surface area contributed by atoms with E-state index in [1.807, 2.05) is 11.8 Å². The van der Waals surface area contributed by atoms with Gasteiger partial charge in [0.15, 0.2) is 0 Å². The fourth-order valence-corrected chi connectivity index (χ4v) is 2.25. The minimum atomic E-state index is 0.723. The zero-order valence-electron chi connectivity index (χ0n) is 8.92. The smallest absolute Gasteiger partial charge is 0.0107 e. The van der Waals surface area contributed by atoms with Crippen molar-refractivity contribution in [3.05, 3.63) is 29.3 Å². The molecule has 72 valence electrons. The summed E-state index contributed by atoms with van der Waals surface area (Å²) in [5.41, 5.74) is 2.83. The summed E-state index contributed by atoms with van der Waals surface area (Å²) in [5, 5.41) is 0.723. The molecule has 1 atom stereocenters. The number of hydrogen-bond donors (Lipinski definition) is 0. The molecule has 1 rings (SSSR count). The first kappa shape index (κ1) is 10.6. The van der Waals surface area contributed by atoms with E-state index in [2.05, 4.69) is 45.9 Å². The summed E-state index contributed by atoms with van der Waals surface area (Å²) in [6, 6.07) is 6.54. The predicted octanol–water partition coefficient (Wildman–Crippen LogP) is 4.19. The van der Waals surface area contributed by atoms with Crippen molar-refractivity contribution in [1.82, 2.24) is 0 Å². The lowest BCUT2D eigenvalue weighted by Gasteiger charge is -2.11. The summed E-state index contributed by atoms with van der Waals surface area (Å²) in [6.45, 7) is 8.91. The van der Waals surface area contributed by atoms with Gasteiger partial charge in [0.25, 0.3) is 0 Å². The van der Waals surface area contributed by atoms with Crippen LogP contribution in [0.1, 0.15) is 31.4 Å². The molecule has 0 radical (unpaired) electrons. The second kappa shape index (κ2) is 4.71. The van der Waals surface area contributed by atoms with Crippen molar-refractivity contribution in [2.24, 2.45) is 0 Å². The number of aryl methyl sites for hydroxylation is 1. The molecule has 0 aliphatic rings. The third kappa shape index (κ3) is 2.77.